The van der Waals surface area contributed by atoms with E-state index in [4.69, 9.17) is 11.6 Å². The molecule has 3 aromatic rings. The van der Waals surface area contributed by atoms with Crippen molar-refractivity contribution in [3.05, 3.63) is 47.6 Å². The highest BCUT2D eigenvalue weighted by Crippen LogP contribution is 2.24. The third-order valence-corrected chi connectivity index (χ3v) is 3.25. The summed E-state index contributed by atoms with van der Waals surface area (Å²) in [7, 11) is 0. The van der Waals surface area contributed by atoms with Crippen molar-refractivity contribution in [3.63, 3.8) is 0 Å². The molecule has 2 aromatic heterocycles. The first-order valence-electron chi connectivity index (χ1n) is 6.13. The molecule has 0 saturated heterocycles. The van der Waals surface area contributed by atoms with Gasteiger partial charge in [-0.1, -0.05) is 19.9 Å². The number of rotatable bonds is 2. The van der Waals surface area contributed by atoms with Crippen LogP contribution in [0.4, 0.5) is 0 Å². The Bertz CT molecular complexity index is 733. The fourth-order valence-corrected chi connectivity index (χ4v) is 2.31. The van der Waals surface area contributed by atoms with E-state index in [1.54, 1.807) is 6.20 Å². The summed E-state index contributed by atoms with van der Waals surface area (Å²) in [6, 6.07) is 9.95. The van der Waals surface area contributed by atoms with Crippen molar-refractivity contribution in [2.45, 2.75) is 19.8 Å². The van der Waals surface area contributed by atoms with Gasteiger partial charge in [0.05, 0.1) is 11.2 Å². The quantitative estimate of drug-likeness (QED) is 0.716. The zero-order valence-corrected chi connectivity index (χ0v) is 11.5. The van der Waals surface area contributed by atoms with E-state index in [1.807, 2.05) is 34.9 Å². The van der Waals surface area contributed by atoms with E-state index >= 15 is 0 Å². The Labute approximate surface area is 116 Å². The van der Waals surface area contributed by atoms with Crippen LogP contribution in [0, 0.1) is 0 Å². The first-order valence-corrected chi connectivity index (χ1v) is 6.50. The zero-order chi connectivity index (χ0) is 13.4. The number of halogens is 1. The van der Waals surface area contributed by atoms with Gasteiger partial charge in [-0.3, -0.25) is 9.55 Å². The van der Waals surface area contributed by atoms with Gasteiger partial charge in [0.15, 0.2) is 0 Å². The second-order valence-corrected chi connectivity index (χ2v) is 5.04. The van der Waals surface area contributed by atoms with Crippen LogP contribution >= 0.6 is 11.6 Å². The van der Waals surface area contributed by atoms with Gasteiger partial charge in [0, 0.05) is 17.5 Å². The van der Waals surface area contributed by atoms with Crippen LogP contribution < -0.4 is 0 Å². The predicted octanol–water partition coefficient (Wildman–Crippen LogP) is 3.59. The van der Waals surface area contributed by atoms with Crippen LogP contribution in [0.1, 0.15) is 25.6 Å². The third-order valence-electron chi connectivity index (χ3n) is 3.01. The average Bonchev–Trinajstić information content (AvgIpc) is 2.80. The summed E-state index contributed by atoms with van der Waals surface area (Å²) in [5.41, 5.74) is 1.92. The monoisotopic (exact) mass is 272 g/mol. The van der Waals surface area contributed by atoms with Crippen LogP contribution in [0.3, 0.4) is 0 Å². The van der Waals surface area contributed by atoms with Gasteiger partial charge in [0.2, 0.25) is 5.28 Å². The van der Waals surface area contributed by atoms with Crippen LogP contribution in [0.2, 0.25) is 5.28 Å². The smallest absolute Gasteiger partial charge is 0.229 e. The molecule has 0 saturated carbocycles. The first kappa shape index (κ1) is 12.1. The summed E-state index contributed by atoms with van der Waals surface area (Å²) in [6.45, 7) is 4.14. The van der Waals surface area contributed by atoms with E-state index < -0.39 is 0 Å². The van der Waals surface area contributed by atoms with Gasteiger partial charge in [0.25, 0.3) is 0 Å². The Morgan fingerprint density at radius 2 is 2.00 bits per heavy atom. The standard InChI is InChI=1S/C14H13ClN4/c1-9(2)13-17-18-14(15)19(13)11-5-6-12-10(8-11)4-3-7-16-12/h3-9H,1-2H3. The normalized spacial score (nSPS) is 11.4. The van der Waals surface area contributed by atoms with Gasteiger partial charge in [-0.15, -0.1) is 10.2 Å². The van der Waals surface area contributed by atoms with Crippen LogP contribution in [-0.4, -0.2) is 19.7 Å². The van der Waals surface area contributed by atoms with E-state index in [9.17, 15) is 0 Å². The van der Waals surface area contributed by atoms with Crippen LogP contribution in [0.15, 0.2) is 36.5 Å². The van der Waals surface area contributed by atoms with Gasteiger partial charge < -0.3 is 0 Å². The number of fused-ring (bicyclic) bond motifs is 1. The maximum Gasteiger partial charge on any atom is 0.229 e. The zero-order valence-electron chi connectivity index (χ0n) is 10.7. The lowest BCUT2D eigenvalue weighted by Gasteiger charge is -2.10. The second-order valence-electron chi connectivity index (χ2n) is 4.70. The SMILES string of the molecule is CC(C)c1nnc(Cl)n1-c1ccc2ncccc2c1. The molecule has 19 heavy (non-hydrogen) atoms. The molecule has 4 nitrogen and oxygen atoms in total. The molecule has 2 heterocycles. The van der Waals surface area contributed by atoms with Gasteiger partial charge in [0.1, 0.15) is 5.82 Å². The van der Waals surface area contributed by atoms with Crippen molar-refractivity contribution in [3.8, 4) is 5.69 Å². The molecule has 3 rings (SSSR count). The molecular formula is C14H13ClN4. The molecule has 0 aliphatic rings. The summed E-state index contributed by atoms with van der Waals surface area (Å²) < 4.78 is 1.87. The summed E-state index contributed by atoms with van der Waals surface area (Å²) >= 11 is 6.15. The number of hydrogen-bond acceptors (Lipinski definition) is 3. The Morgan fingerprint density at radius 1 is 1.16 bits per heavy atom. The highest BCUT2D eigenvalue weighted by molar-refractivity contribution is 6.28. The van der Waals surface area contributed by atoms with Gasteiger partial charge in [-0.05, 0) is 35.9 Å². The summed E-state index contributed by atoms with van der Waals surface area (Å²) in [4.78, 5) is 4.31. The molecule has 0 spiro atoms. The van der Waals surface area contributed by atoms with Crippen molar-refractivity contribution in [2.75, 3.05) is 0 Å². The fraction of sp³-hybridized carbons (Fsp3) is 0.214. The molecule has 0 N–H and O–H groups in total. The van der Waals surface area contributed by atoms with E-state index in [-0.39, 0.29) is 5.92 Å². The number of nitrogens with zero attached hydrogens (tertiary/aromatic N) is 4. The Hall–Kier alpha value is -1.94. The lowest BCUT2D eigenvalue weighted by atomic mass is 10.1. The van der Waals surface area contributed by atoms with Crippen molar-refractivity contribution in [1.29, 1.82) is 0 Å². The fourth-order valence-electron chi connectivity index (χ4n) is 2.09. The number of hydrogen-bond donors (Lipinski definition) is 0. The molecule has 5 heteroatoms. The molecule has 0 fully saturated rings. The number of pyridine rings is 1. The van der Waals surface area contributed by atoms with Crippen LogP contribution in [-0.2, 0) is 0 Å². The topological polar surface area (TPSA) is 43.6 Å². The summed E-state index contributed by atoms with van der Waals surface area (Å²) in [5, 5.41) is 9.54. The molecular weight excluding hydrogens is 260 g/mol. The van der Waals surface area contributed by atoms with Crippen molar-refractivity contribution in [2.24, 2.45) is 0 Å². The van der Waals surface area contributed by atoms with Crippen LogP contribution in [0.5, 0.6) is 0 Å². The molecule has 0 bridgehead atoms. The van der Waals surface area contributed by atoms with Gasteiger partial charge >= 0.3 is 0 Å². The Morgan fingerprint density at radius 3 is 2.79 bits per heavy atom. The molecule has 96 valence electrons. The summed E-state index contributed by atoms with van der Waals surface area (Å²) in [6.07, 6.45) is 1.79. The largest absolute Gasteiger partial charge is 0.270 e. The maximum atomic E-state index is 6.15. The van der Waals surface area contributed by atoms with E-state index in [1.165, 1.54) is 0 Å². The minimum Gasteiger partial charge on any atom is -0.270 e. The second kappa shape index (κ2) is 4.63. The highest BCUT2D eigenvalue weighted by atomic mass is 35.5. The predicted molar refractivity (Wildman–Crippen MR) is 75.8 cm³/mol. The first-order chi connectivity index (χ1) is 9.16. The van der Waals surface area contributed by atoms with E-state index in [2.05, 4.69) is 29.0 Å². The number of benzene rings is 1. The lowest BCUT2D eigenvalue weighted by molar-refractivity contribution is 0.746. The van der Waals surface area contributed by atoms with Crippen molar-refractivity contribution < 1.29 is 0 Å². The van der Waals surface area contributed by atoms with Crippen LogP contribution in [0.25, 0.3) is 16.6 Å². The Balaban J connectivity index is 2.21. The van der Waals surface area contributed by atoms with Crippen molar-refractivity contribution >= 4 is 22.5 Å². The lowest BCUT2D eigenvalue weighted by Crippen LogP contribution is -2.03. The van der Waals surface area contributed by atoms with Crippen molar-refractivity contribution in [1.82, 2.24) is 19.7 Å². The third kappa shape index (κ3) is 2.08. The van der Waals surface area contributed by atoms with Gasteiger partial charge in [-0.25, -0.2) is 0 Å². The maximum absolute atomic E-state index is 6.15. The molecule has 0 amide bonds. The molecule has 0 radical (unpaired) electrons. The molecule has 0 aliphatic carbocycles. The van der Waals surface area contributed by atoms with Gasteiger partial charge in [-0.2, -0.15) is 0 Å². The molecule has 0 unspecified atom stereocenters. The number of aromatic nitrogens is 4. The van der Waals surface area contributed by atoms with E-state index in [0.29, 0.717) is 5.28 Å². The summed E-state index contributed by atoms with van der Waals surface area (Å²) in [5.74, 6) is 1.11. The highest BCUT2D eigenvalue weighted by Gasteiger charge is 2.15. The minimum atomic E-state index is 0.254. The average molecular weight is 273 g/mol. The molecule has 1 aromatic carbocycles. The Kier molecular flexibility index (Phi) is 2.95. The van der Waals surface area contributed by atoms with E-state index in [0.717, 1.165) is 22.4 Å². The molecule has 0 aliphatic heterocycles. The minimum absolute atomic E-state index is 0.254. The molecule has 0 atom stereocenters.